The minimum atomic E-state index is -0.397. The number of halogens is 2. The van der Waals surface area contributed by atoms with Crippen LogP contribution < -0.4 is 15.8 Å². The average Bonchev–Trinajstić information content (AvgIpc) is 2.77. The monoisotopic (exact) mass is 441 g/mol. The third kappa shape index (κ3) is 4.92. The van der Waals surface area contributed by atoms with Gasteiger partial charge in [0.15, 0.2) is 0 Å². The van der Waals surface area contributed by atoms with Crippen LogP contribution in [-0.2, 0) is 4.79 Å². The summed E-state index contributed by atoms with van der Waals surface area (Å²) < 4.78 is 14.5. The summed E-state index contributed by atoms with van der Waals surface area (Å²) in [6.07, 6.45) is 1.60. The lowest BCUT2D eigenvalue weighted by atomic mass is 10.2. The molecular formula is C22H21ClFN5O2. The summed E-state index contributed by atoms with van der Waals surface area (Å²) in [5.41, 5.74) is 1.29. The Morgan fingerprint density at radius 2 is 1.81 bits per heavy atom. The smallest absolute Gasteiger partial charge is 0.292 e. The van der Waals surface area contributed by atoms with Crippen molar-refractivity contribution in [3.8, 4) is 5.69 Å². The van der Waals surface area contributed by atoms with Crippen LogP contribution in [0.4, 0.5) is 15.8 Å². The normalized spacial score (nSPS) is 14.5. The van der Waals surface area contributed by atoms with Crippen LogP contribution in [0.15, 0.2) is 65.6 Å². The first-order chi connectivity index (χ1) is 15.0. The zero-order valence-corrected chi connectivity index (χ0v) is 17.4. The van der Waals surface area contributed by atoms with E-state index in [1.54, 1.807) is 30.5 Å². The number of hydrogen-bond donors (Lipinski definition) is 1. The summed E-state index contributed by atoms with van der Waals surface area (Å²) in [6.45, 7) is 2.64. The van der Waals surface area contributed by atoms with Gasteiger partial charge in [-0.15, -0.1) is 0 Å². The Morgan fingerprint density at radius 3 is 2.52 bits per heavy atom. The van der Waals surface area contributed by atoms with Crippen molar-refractivity contribution in [2.75, 3.05) is 42.9 Å². The Kier molecular flexibility index (Phi) is 6.29. The van der Waals surface area contributed by atoms with Crippen LogP contribution in [0.5, 0.6) is 0 Å². The molecule has 0 bridgehead atoms. The summed E-state index contributed by atoms with van der Waals surface area (Å²) in [6, 6.07) is 14.9. The van der Waals surface area contributed by atoms with Crippen LogP contribution >= 0.6 is 11.6 Å². The van der Waals surface area contributed by atoms with E-state index in [9.17, 15) is 14.0 Å². The highest BCUT2D eigenvalue weighted by atomic mass is 35.5. The molecule has 4 rings (SSSR count). The molecule has 7 nitrogen and oxygen atoms in total. The lowest BCUT2D eigenvalue weighted by Gasteiger charge is -2.35. The first-order valence-electron chi connectivity index (χ1n) is 9.87. The van der Waals surface area contributed by atoms with Crippen molar-refractivity contribution in [1.29, 1.82) is 0 Å². The Morgan fingerprint density at radius 1 is 1.06 bits per heavy atom. The molecule has 0 unspecified atom stereocenters. The zero-order chi connectivity index (χ0) is 21.8. The predicted molar refractivity (Wildman–Crippen MR) is 119 cm³/mol. The molecule has 0 aliphatic carbocycles. The molecule has 1 N–H and O–H groups in total. The Balaban J connectivity index is 1.37. The fourth-order valence-corrected chi connectivity index (χ4v) is 3.76. The fraction of sp³-hybridized carbons (Fsp3) is 0.227. The van der Waals surface area contributed by atoms with Gasteiger partial charge in [-0.1, -0.05) is 35.9 Å². The molecule has 1 aliphatic rings. The van der Waals surface area contributed by atoms with Crippen LogP contribution in [0.1, 0.15) is 0 Å². The number of amides is 1. The van der Waals surface area contributed by atoms with Crippen molar-refractivity contribution in [3.05, 3.63) is 82.0 Å². The number of piperazine rings is 1. The van der Waals surface area contributed by atoms with Crippen LogP contribution in [0.2, 0.25) is 5.02 Å². The van der Waals surface area contributed by atoms with Crippen LogP contribution in [0.25, 0.3) is 5.69 Å². The molecule has 2 heterocycles. The van der Waals surface area contributed by atoms with Gasteiger partial charge in [0.2, 0.25) is 5.91 Å². The second-order valence-corrected chi connectivity index (χ2v) is 7.60. The number of carbonyl (C=O) groups is 1. The van der Waals surface area contributed by atoms with Gasteiger partial charge in [0.1, 0.15) is 10.8 Å². The summed E-state index contributed by atoms with van der Waals surface area (Å²) in [5, 5.41) is 7.10. The number of aromatic nitrogens is 2. The van der Waals surface area contributed by atoms with Gasteiger partial charge in [0.05, 0.1) is 24.1 Å². The molecule has 1 saturated heterocycles. The molecule has 0 atom stereocenters. The van der Waals surface area contributed by atoms with Gasteiger partial charge in [-0.05, 0) is 30.3 Å². The number of nitrogens with one attached hydrogen (secondary N) is 1. The van der Waals surface area contributed by atoms with E-state index in [0.717, 1.165) is 0 Å². The molecule has 1 aromatic heterocycles. The molecule has 31 heavy (non-hydrogen) atoms. The molecule has 0 saturated carbocycles. The van der Waals surface area contributed by atoms with E-state index >= 15 is 0 Å². The average molecular weight is 442 g/mol. The van der Waals surface area contributed by atoms with E-state index in [0.29, 0.717) is 43.2 Å². The number of benzene rings is 2. The number of anilines is 2. The standard InChI is InChI=1S/C22H21ClFN5O2/c23-21-19(14-25-29(22(21)31)18-7-2-1-3-8-18)28-11-9-27(10-12-28)15-20(30)26-17-6-4-5-16(24)13-17/h1-8,13-14H,9-12,15H2,(H,26,30). The van der Waals surface area contributed by atoms with Crippen LogP contribution in [0, 0.1) is 5.82 Å². The first-order valence-corrected chi connectivity index (χ1v) is 10.2. The molecule has 9 heteroatoms. The SMILES string of the molecule is O=C(CN1CCN(c2cnn(-c3ccccc3)c(=O)c2Cl)CC1)Nc1cccc(F)c1. The van der Waals surface area contributed by atoms with Crippen LogP contribution in [0.3, 0.4) is 0 Å². The van der Waals surface area contributed by atoms with E-state index in [4.69, 9.17) is 11.6 Å². The second-order valence-electron chi connectivity index (χ2n) is 7.22. The summed E-state index contributed by atoms with van der Waals surface area (Å²) in [4.78, 5) is 28.9. The molecule has 0 spiro atoms. The Bertz CT molecular complexity index is 1130. The van der Waals surface area contributed by atoms with E-state index in [1.807, 2.05) is 28.0 Å². The van der Waals surface area contributed by atoms with Gasteiger partial charge < -0.3 is 10.2 Å². The Hall–Kier alpha value is -3.23. The molecule has 1 fully saturated rings. The first kappa shape index (κ1) is 21.0. The van der Waals surface area contributed by atoms with E-state index in [-0.39, 0.29) is 23.0 Å². The lowest BCUT2D eigenvalue weighted by Crippen LogP contribution is -2.49. The van der Waals surface area contributed by atoms with Gasteiger partial charge >= 0.3 is 0 Å². The van der Waals surface area contributed by atoms with Crippen molar-refractivity contribution in [2.45, 2.75) is 0 Å². The molecule has 2 aromatic carbocycles. The fourth-order valence-electron chi connectivity index (χ4n) is 3.51. The third-order valence-electron chi connectivity index (χ3n) is 5.09. The van der Waals surface area contributed by atoms with Gasteiger partial charge in [-0.3, -0.25) is 14.5 Å². The maximum atomic E-state index is 13.3. The van der Waals surface area contributed by atoms with Gasteiger partial charge in [-0.25, -0.2) is 4.39 Å². The zero-order valence-electron chi connectivity index (χ0n) is 16.7. The van der Waals surface area contributed by atoms with Crippen molar-refractivity contribution in [3.63, 3.8) is 0 Å². The highest BCUT2D eigenvalue weighted by Crippen LogP contribution is 2.23. The number of para-hydroxylation sites is 1. The van der Waals surface area contributed by atoms with Gasteiger partial charge in [0, 0.05) is 31.9 Å². The summed E-state index contributed by atoms with van der Waals surface area (Å²) in [7, 11) is 0. The second kappa shape index (κ2) is 9.28. The van der Waals surface area contributed by atoms with E-state index < -0.39 is 5.82 Å². The molecule has 1 aliphatic heterocycles. The highest BCUT2D eigenvalue weighted by molar-refractivity contribution is 6.33. The van der Waals surface area contributed by atoms with Crippen molar-refractivity contribution in [2.24, 2.45) is 0 Å². The molecule has 3 aromatic rings. The summed E-state index contributed by atoms with van der Waals surface area (Å²) >= 11 is 6.38. The van der Waals surface area contributed by atoms with Crippen molar-refractivity contribution in [1.82, 2.24) is 14.7 Å². The topological polar surface area (TPSA) is 70.5 Å². The van der Waals surface area contributed by atoms with Crippen molar-refractivity contribution >= 4 is 28.9 Å². The number of hydrogen-bond acceptors (Lipinski definition) is 5. The number of rotatable bonds is 5. The van der Waals surface area contributed by atoms with E-state index in [2.05, 4.69) is 10.4 Å². The molecule has 1 amide bonds. The maximum absolute atomic E-state index is 13.3. The third-order valence-corrected chi connectivity index (χ3v) is 5.45. The largest absolute Gasteiger partial charge is 0.366 e. The Labute approximate surface area is 183 Å². The quantitative estimate of drug-likeness (QED) is 0.659. The van der Waals surface area contributed by atoms with Crippen LogP contribution in [-0.4, -0.2) is 53.3 Å². The molecule has 160 valence electrons. The minimum absolute atomic E-state index is 0.121. The van der Waals surface area contributed by atoms with Gasteiger partial charge in [0.25, 0.3) is 5.56 Å². The summed E-state index contributed by atoms with van der Waals surface area (Å²) in [5.74, 6) is -0.602. The minimum Gasteiger partial charge on any atom is -0.366 e. The molecular weight excluding hydrogens is 421 g/mol. The highest BCUT2D eigenvalue weighted by Gasteiger charge is 2.22. The van der Waals surface area contributed by atoms with E-state index in [1.165, 1.54) is 16.8 Å². The molecule has 0 radical (unpaired) electrons. The number of nitrogens with zero attached hydrogens (tertiary/aromatic N) is 4. The maximum Gasteiger partial charge on any atom is 0.292 e. The number of carbonyl (C=O) groups excluding carboxylic acids is 1. The predicted octanol–water partition coefficient (Wildman–Crippen LogP) is 2.79. The van der Waals surface area contributed by atoms with Crippen molar-refractivity contribution < 1.29 is 9.18 Å². The lowest BCUT2D eigenvalue weighted by molar-refractivity contribution is -0.117. The van der Waals surface area contributed by atoms with Gasteiger partial charge in [-0.2, -0.15) is 9.78 Å².